The van der Waals surface area contributed by atoms with Crippen molar-refractivity contribution in [3.05, 3.63) is 45.5 Å². The summed E-state index contributed by atoms with van der Waals surface area (Å²) < 4.78 is 44.1. The van der Waals surface area contributed by atoms with Gasteiger partial charge in [0, 0.05) is 18.9 Å². The number of carbonyl (C=O) groups is 3. The predicted octanol–water partition coefficient (Wildman–Crippen LogP) is 6.57. The number of ketones is 1. The molecular weight excluding hydrogens is 560 g/mol. The van der Waals surface area contributed by atoms with Crippen LogP contribution in [0.4, 0.5) is 13.2 Å². The molecular formula is C26H31Cl2F3N4O4. The number of hydrogen-bond acceptors (Lipinski definition) is 5. The molecule has 2 aromatic heterocycles. The molecule has 2 atom stereocenters. The van der Waals surface area contributed by atoms with Gasteiger partial charge in [0.05, 0.1) is 45.9 Å². The molecule has 8 nitrogen and oxygen atoms in total. The monoisotopic (exact) mass is 590 g/mol. The van der Waals surface area contributed by atoms with Gasteiger partial charge >= 0.3 is 12.1 Å². The van der Waals surface area contributed by atoms with Crippen LogP contribution in [0.5, 0.6) is 0 Å². The Kier molecular flexibility index (Phi) is 9.69. The molecule has 1 saturated carbocycles. The summed E-state index contributed by atoms with van der Waals surface area (Å²) >= 11 is 12.2. The minimum atomic E-state index is -4.92. The van der Waals surface area contributed by atoms with Crippen molar-refractivity contribution in [2.24, 2.45) is 11.3 Å². The van der Waals surface area contributed by atoms with Crippen molar-refractivity contribution in [1.29, 1.82) is 0 Å². The lowest BCUT2D eigenvalue weighted by Crippen LogP contribution is -2.39. The van der Waals surface area contributed by atoms with E-state index in [1.165, 1.54) is 12.4 Å². The highest BCUT2D eigenvalue weighted by Gasteiger charge is 2.46. The average molecular weight is 591 g/mol. The van der Waals surface area contributed by atoms with Gasteiger partial charge in [0.2, 0.25) is 0 Å². The molecule has 2 heterocycles. The number of halogens is 5. The van der Waals surface area contributed by atoms with Crippen LogP contribution in [0.2, 0.25) is 10.0 Å². The minimum absolute atomic E-state index is 0.0307. The van der Waals surface area contributed by atoms with E-state index in [1.807, 2.05) is 6.92 Å². The third-order valence-corrected chi connectivity index (χ3v) is 7.79. The lowest BCUT2D eigenvalue weighted by Gasteiger charge is -2.40. The average Bonchev–Trinajstić information content (AvgIpc) is 3.28. The van der Waals surface area contributed by atoms with Crippen LogP contribution in [0.25, 0.3) is 0 Å². The van der Waals surface area contributed by atoms with Crippen LogP contribution in [-0.4, -0.2) is 55.5 Å². The molecule has 13 heteroatoms. The molecule has 0 unspecified atom stereocenters. The van der Waals surface area contributed by atoms with Crippen molar-refractivity contribution in [1.82, 2.24) is 19.7 Å². The highest BCUT2D eigenvalue weighted by Crippen LogP contribution is 2.47. The SMILES string of the molecule is CCCCCN(CC(=O)c1c(Cl)cncc1Cl)C(=O)c1cnn([C@H]2CC[C@H](C(=O)O)C(C)(C)C2)c1C(F)(F)F. The number of carbonyl (C=O) groups excluding carboxylic acids is 2. The number of unbranched alkanes of at least 4 members (excludes halogenated alkanes) is 2. The summed E-state index contributed by atoms with van der Waals surface area (Å²) in [6.07, 6.45) is 0.829. The van der Waals surface area contributed by atoms with Gasteiger partial charge in [-0.2, -0.15) is 18.3 Å². The number of aromatic nitrogens is 3. The molecule has 3 rings (SSSR count). The zero-order valence-corrected chi connectivity index (χ0v) is 23.4. The van der Waals surface area contributed by atoms with Crippen molar-refractivity contribution < 1.29 is 32.7 Å². The van der Waals surface area contributed by atoms with E-state index in [2.05, 4.69) is 10.1 Å². The van der Waals surface area contributed by atoms with Crippen LogP contribution in [-0.2, 0) is 11.0 Å². The fraction of sp³-hybridized carbons (Fsp3) is 0.577. The van der Waals surface area contributed by atoms with Gasteiger partial charge in [0.15, 0.2) is 11.5 Å². The van der Waals surface area contributed by atoms with Gasteiger partial charge in [-0.15, -0.1) is 0 Å². The van der Waals surface area contributed by atoms with Gasteiger partial charge in [0.25, 0.3) is 5.91 Å². The van der Waals surface area contributed by atoms with Crippen LogP contribution in [0.3, 0.4) is 0 Å². The molecule has 1 aliphatic carbocycles. The smallest absolute Gasteiger partial charge is 0.433 e. The van der Waals surface area contributed by atoms with Crippen molar-refractivity contribution >= 4 is 40.9 Å². The van der Waals surface area contributed by atoms with Crippen molar-refractivity contribution in [2.75, 3.05) is 13.1 Å². The molecule has 0 spiro atoms. The van der Waals surface area contributed by atoms with Gasteiger partial charge in [-0.3, -0.25) is 24.0 Å². The van der Waals surface area contributed by atoms with Gasteiger partial charge in [-0.05, 0) is 31.1 Å². The maximum Gasteiger partial charge on any atom is 0.433 e. The van der Waals surface area contributed by atoms with Crippen molar-refractivity contribution in [3.63, 3.8) is 0 Å². The van der Waals surface area contributed by atoms with E-state index in [0.29, 0.717) is 12.8 Å². The fourth-order valence-electron chi connectivity index (χ4n) is 5.25. The summed E-state index contributed by atoms with van der Waals surface area (Å²) in [6, 6.07) is -0.751. The topological polar surface area (TPSA) is 105 Å². The molecule has 1 aliphatic rings. The third-order valence-electron chi connectivity index (χ3n) is 7.22. The lowest BCUT2D eigenvalue weighted by atomic mass is 9.67. The van der Waals surface area contributed by atoms with E-state index in [0.717, 1.165) is 22.2 Å². The molecule has 0 aromatic carbocycles. The van der Waals surface area contributed by atoms with Crippen LogP contribution >= 0.6 is 23.2 Å². The Labute approximate surface area is 234 Å². The summed E-state index contributed by atoms with van der Waals surface area (Å²) in [4.78, 5) is 43.2. The number of aliphatic carboxylic acids is 1. The number of carboxylic acid groups (broad SMARTS) is 1. The number of rotatable bonds is 10. The maximum absolute atomic E-state index is 14.4. The van der Waals surface area contributed by atoms with E-state index in [9.17, 15) is 32.7 Å². The van der Waals surface area contributed by atoms with Crippen LogP contribution in [0.15, 0.2) is 18.6 Å². The molecule has 0 saturated heterocycles. The van der Waals surface area contributed by atoms with E-state index in [4.69, 9.17) is 23.2 Å². The molecule has 0 aliphatic heterocycles. The summed E-state index contributed by atoms with van der Waals surface area (Å²) in [5.74, 6) is -3.32. The number of hydrogen-bond donors (Lipinski definition) is 1. The molecule has 1 fully saturated rings. The highest BCUT2D eigenvalue weighted by molar-refractivity contribution is 6.39. The van der Waals surface area contributed by atoms with Gasteiger partial charge in [0.1, 0.15) is 0 Å². The minimum Gasteiger partial charge on any atom is -0.481 e. The fourth-order valence-corrected chi connectivity index (χ4v) is 5.83. The quantitative estimate of drug-likeness (QED) is 0.248. The second kappa shape index (κ2) is 12.2. The van der Waals surface area contributed by atoms with Gasteiger partial charge < -0.3 is 10.0 Å². The Morgan fingerprint density at radius 1 is 1.13 bits per heavy atom. The molecule has 0 radical (unpaired) electrons. The van der Waals surface area contributed by atoms with Gasteiger partial charge in [-0.25, -0.2) is 0 Å². The lowest BCUT2D eigenvalue weighted by molar-refractivity contribution is -0.151. The van der Waals surface area contributed by atoms with Crippen LogP contribution in [0, 0.1) is 11.3 Å². The number of amides is 1. The van der Waals surface area contributed by atoms with Crippen LogP contribution < -0.4 is 0 Å². The molecule has 1 N–H and O–H groups in total. The van der Waals surface area contributed by atoms with E-state index >= 15 is 0 Å². The first-order valence-electron chi connectivity index (χ1n) is 12.7. The second-order valence-electron chi connectivity index (χ2n) is 10.5. The summed E-state index contributed by atoms with van der Waals surface area (Å²) in [7, 11) is 0. The van der Waals surface area contributed by atoms with Gasteiger partial charge in [-0.1, -0.05) is 56.8 Å². The molecule has 39 heavy (non-hydrogen) atoms. The van der Waals surface area contributed by atoms with Crippen molar-refractivity contribution in [3.8, 4) is 0 Å². The number of pyridine rings is 1. The normalized spacial score (nSPS) is 19.1. The van der Waals surface area contributed by atoms with E-state index in [1.54, 1.807) is 13.8 Å². The van der Waals surface area contributed by atoms with E-state index in [-0.39, 0.29) is 41.4 Å². The van der Waals surface area contributed by atoms with Crippen LogP contribution in [0.1, 0.15) is 91.7 Å². The summed E-state index contributed by atoms with van der Waals surface area (Å²) in [5, 5.41) is 13.4. The zero-order chi connectivity index (χ0) is 29.1. The Morgan fingerprint density at radius 3 is 2.31 bits per heavy atom. The Morgan fingerprint density at radius 2 is 1.77 bits per heavy atom. The largest absolute Gasteiger partial charge is 0.481 e. The summed E-state index contributed by atoms with van der Waals surface area (Å²) in [5.41, 5.74) is -2.73. The molecule has 214 valence electrons. The summed E-state index contributed by atoms with van der Waals surface area (Å²) in [6.45, 7) is 4.85. The maximum atomic E-state index is 14.4. The molecule has 0 bridgehead atoms. The molecule has 2 aromatic rings. The number of alkyl halides is 3. The number of carboxylic acids is 1. The Balaban J connectivity index is 1.97. The van der Waals surface area contributed by atoms with Crippen molar-refractivity contribution in [2.45, 2.75) is 71.5 Å². The second-order valence-corrected chi connectivity index (χ2v) is 11.3. The Hall–Kier alpha value is -2.66. The first-order chi connectivity index (χ1) is 18.2. The third kappa shape index (κ3) is 6.92. The standard InChI is InChI=1S/C26H31Cl2F3N4O4/c1-4-5-6-9-34(14-20(36)21-18(27)12-32-13-19(21)28)23(37)16-11-33-35(22(16)26(29,30)31)15-7-8-17(24(38)39)25(2,3)10-15/h11-13,15,17H,4-10,14H2,1-3H3,(H,38,39)/t15-,17+/m0/s1. The zero-order valence-electron chi connectivity index (χ0n) is 21.9. The first-order valence-corrected chi connectivity index (χ1v) is 13.4. The highest BCUT2D eigenvalue weighted by atomic mass is 35.5. The number of Topliss-reactive ketones (excluding diaryl/α,β-unsaturated/α-hetero) is 1. The Bertz CT molecular complexity index is 1210. The predicted molar refractivity (Wildman–Crippen MR) is 139 cm³/mol. The molecule has 1 amide bonds. The first kappa shape index (κ1) is 30.9. The number of nitrogens with zero attached hydrogens (tertiary/aromatic N) is 4. The van der Waals surface area contributed by atoms with E-state index < -0.39 is 59.0 Å².